The molecule has 1 aromatic rings. The average Bonchev–Trinajstić information content (AvgIpc) is 1.91. The largest absolute Gasteiger partial charge is 0.412 e. The quantitative estimate of drug-likeness (QED) is 0.558. The van der Waals surface area contributed by atoms with Crippen LogP contribution < -0.4 is 0 Å². The molecule has 0 aliphatic heterocycles. The molecule has 0 saturated heterocycles. The SMILES string of the molecule is N#CCc1ccccn1.O. The van der Waals surface area contributed by atoms with Crippen molar-refractivity contribution < 1.29 is 5.48 Å². The third kappa shape index (κ3) is 2.25. The molecule has 1 aromatic heterocycles. The first kappa shape index (κ1) is 8.60. The molecule has 0 aromatic carbocycles. The van der Waals surface area contributed by atoms with Gasteiger partial charge in [-0.05, 0) is 12.1 Å². The summed E-state index contributed by atoms with van der Waals surface area (Å²) in [5.74, 6) is 0. The fourth-order valence-electron chi connectivity index (χ4n) is 0.584. The Kier molecular flexibility index (Phi) is 3.85. The van der Waals surface area contributed by atoms with Crippen LogP contribution >= 0.6 is 0 Å². The van der Waals surface area contributed by atoms with E-state index in [1.165, 1.54) is 0 Å². The van der Waals surface area contributed by atoms with E-state index in [1.54, 1.807) is 6.20 Å². The fraction of sp³-hybridized carbons (Fsp3) is 0.143. The van der Waals surface area contributed by atoms with Crippen LogP contribution in [0, 0.1) is 11.3 Å². The zero-order valence-electron chi connectivity index (χ0n) is 5.41. The molecule has 0 radical (unpaired) electrons. The molecule has 10 heavy (non-hydrogen) atoms. The number of rotatable bonds is 1. The van der Waals surface area contributed by atoms with Crippen molar-refractivity contribution in [3.8, 4) is 6.07 Å². The van der Waals surface area contributed by atoms with E-state index in [9.17, 15) is 0 Å². The van der Waals surface area contributed by atoms with Crippen LogP contribution in [0.2, 0.25) is 0 Å². The zero-order valence-corrected chi connectivity index (χ0v) is 5.41. The molecule has 1 rings (SSSR count). The summed E-state index contributed by atoms with van der Waals surface area (Å²) < 4.78 is 0. The Morgan fingerprint density at radius 3 is 2.80 bits per heavy atom. The Hall–Kier alpha value is -1.40. The van der Waals surface area contributed by atoms with Gasteiger partial charge in [-0.15, -0.1) is 0 Å². The van der Waals surface area contributed by atoms with E-state index < -0.39 is 0 Å². The van der Waals surface area contributed by atoms with Crippen molar-refractivity contribution in [1.29, 1.82) is 5.26 Å². The summed E-state index contributed by atoms with van der Waals surface area (Å²) in [5.41, 5.74) is 0.833. The van der Waals surface area contributed by atoms with Gasteiger partial charge in [0, 0.05) is 6.20 Å². The normalized spacial score (nSPS) is 7.50. The third-order valence-electron chi connectivity index (χ3n) is 0.986. The topological polar surface area (TPSA) is 68.2 Å². The smallest absolute Gasteiger partial charge is 0.0774 e. The van der Waals surface area contributed by atoms with Gasteiger partial charge in [-0.2, -0.15) is 5.26 Å². The second-order valence-corrected chi connectivity index (χ2v) is 1.66. The second-order valence-electron chi connectivity index (χ2n) is 1.66. The van der Waals surface area contributed by atoms with E-state index in [2.05, 4.69) is 4.98 Å². The Balaban J connectivity index is 0.000000810. The van der Waals surface area contributed by atoms with Crippen molar-refractivity contribution >= 4 is 0 Å². The molecule has 3 heteroatoms. The van der Waals surface area contributed by atoms with Gasteiger partial charge in [-0.3, -0.25) is 4.98 Å². The van der Waals surface area contributed by atoms with Crippen LogP contribution in [0.1, 0.15) is 5.69 Å². The molecular weight excluding hydrogens is 128 g/mol. The number of hydrogen-bond acceptors (Lipinski definition) is 2. The Morgan fingerprint density at radius 2 is 2.30 bits per heavy atom. The predicted molar refractivity (Wildman–Crippen MR) is 37.2 cm³/mol. The molecule has 0 aliphatic carbocycles. The maximum atomic E-state index is 8.23. The molecule has 2 N–H and O–H groups in total. The van der Waals surface area contributed by atoms with Crippen LogP contribution in [0.3, 0.4) is 0 Å². The monoisotopic (exact) mass is 136 g/mol. The molecule has 0 amide bonds. The van der Waals surface area contributed by atoms with E-state index in [0.717, 1.165) is 5.69 Å². The zero-order chi connectivity index (χ0) is 6.53. The molecule has 3 nitrogen and oxygen atoms in total. The molecule has 0 unspecified atom stereocenters. The molecule has 52 valence electrons. The van der Waals surface area contributed by atoms with E-state index in [-0.39, 0.29) is 5.48 Å². The van der Waals surface area contributed by atoms with E-state index in [4.69, 9.17) is 5.26 Å². The standard InChI is InChI=1S/C7H6N2.H2O/c8-5-4-7-3-1-2-6-9-7;/h1-3,6H,4H2;1H2. The summed E-state index contributed by atoms with van der Waals surface area (Å²) in [5, 5.41) is 8.23. The summed E-state index contributed by atoms with van der Waals surface area (Å²) >= 11 is 0. The maximum absolute atomic E-state index is 8.23. The lowest BCUT2D eigenvalue weighted by molar-refractivity contribution is 0.824. The van der Waals surface area contributed by atoms with Gasteiger partial charge in [-0.1, -0.05) is 6.07 Å². The molecule has 0 fully saturated rings. The Labute approximate surface area is 59.3 Å². The summed E-state index contributed by atoms with van der Waals surface area (Å²) in [7, 11) is 0. The van der Waals surface area contributed by atoms with Gasteiger partial charge in [0.2, 0.25) is 0 Å². The van der Waals surface area contributed by atoms with E-state index in [1.807, 2.05) is 24.3 Å². The van der Waals surface area contributed by atoms with Crippen molar-refractivity contribution in [2.45, 2.75) is 6.42 Å². The van der Waals surface area contributed by atoms with Crippen molar-refractivity contribution in [3.05, 3.63) is 30.1 Å². The minimum absolute atomic E-state index is 0. The van der Waals surface area contributed by atoms with Crippen LogP contribution in [0.4, 0.5) is 0 Å². The number of aromatic nitrogens is 1. The van der Waals surface area contributed by atoms with Crippen molar-refractivity contribution in [1.82, 2.24) is 4.98 Å². The van der Waals surface area contributed by atoms with Gasteiger partial charge in [-0.25, -0.2) is 0 Å². The van der Waals surface area contributed by atoms with Gasteiger partial charge in [0.15, 0.2) is 0 Å². The van der Waals surface area contributed by atoms with E-state index >= 15 is 0 Å². The summed E-state index contributed by atoms with van der Waals surface area (Å²) in [6, 6.07) is 7.57. The lowest BCUT2D eigenvalue weighted by atomic mass is 10.3. The average molecular weight is 136 g/mol. The highest BCUT2D eigenvalue weighted by Gasteiger charge is 1.86. The molecule has 0 aliphatic rings. The first-order valence-electron chi connectivity index (χ1n) is 2.70. The minimum Gasteiger partial charge on any atom is -0.412 e. The molecule has 1 heterocycles. The van der Waals surface area contributed by atoms with Crippen molar-refractivity contribution in [3.63, 3.8) is 0 Å². The minimum atomic E-state index is 0. The number of nitriles is 1. The maximum Gasteiger partial charge on any atom is 0.0774 e. The van der Waals surface area contributed by atoms with Gasteiger partial charge in [0.25, 0.3) is 0 Å². The predicted octanol–water partition coefficient (Wildman–Crippen LogP) is 0.323. The lowest BCUT2D eigenvalue weighted by Crippen LogP contribution is -1.83. The molecule has 0 bridgehead atoms. The number of nitrogens with zero attached hydrogens (tertiary/aromatic N) is 2. The third-order valence-corrected chi connectivity index (χ3v) is 0.986. The van der Waals surface area contributed by atoms with Crippen LogP contribution in [-0.4, -0.2) is 10.5 Å². The number of pyridine rings is 1. The second kappa shape index (κ2) is 4.48. The van der Waals surface area contributed by atoms with Crippen LogP contribution in [0.25, 0.3) is 0 Å². The van der Waals surface area contributed by atoms with Crippen LogP contribution in [0.15, 0.2) is 24.4 Å². The Morgan fingerprint density at radius 1 is 1.50 bits per heavy atom. The molecular formula is C7H8N2O. The first-order valence-corrected chi connectivity index (χ1v) is 2.70. The Bertz CT molecular complexity index is 215. The summed E-state index contributed by atoms with van der Waals surface area (Å²) in [6.07, 6.45) is 2.09. The van der Waals surface area contributed by atoms with Crippen molar-refractivity contribution in [2.24, 2.45) is 0 Å². The van der Waals surface area contributed by atoms with Crippen LogP contribution in [-0.2, 0) is 6.42 Å². The molecule has 0 saturated carbocycles. The van der Waals surface area contributed by atoms with Crippen molar-refractivity contribution in [2.75, 3.05) is 0 Å². The fourth-order valence-corrected chi connectivity index (χ4v) is 0.584. The molecule has 0 spiro atoms. The van der Waals surface area contributed by atoms with Crippen LogP contribution in [0.5, 0.6) is 0 Å². The molecule has 0 atom stereocenters. The highest BCUT2D eigenvalue weighted by Crippen LogP contribution is 1.91. The highest BCUT2D eigenvalue weighted by atomic mass is 16.0. The number of hydrogen-bond donors (Lipinski definition) is 0. The van der Waals surface area contributed by atoms with Gasteiger partial charge in [0.1, 0.15) is 0 Å². The summed E-state index contributed by atoms with van der Waals surface area (Å²) in [6.45, 7) is 0. The summed E-state index contributed by atoms with van der Waals surface area (Å²) in [4.78, 5) is 3.95. The van der Waals surface area contributed by atoms with E-state index in [0.29, 0.717) is 6.42 Å². The van der Waals surface area contributed by atoms with Gasteiger partial charge in [0.05, 0.1) is 18.2 Å². The van der Waals surface area contributed by atoms with Gasteiger partial charge >= 0.3 is 0 Å². The lowest BCUT2D eigenvalue weighted by Gasteiger charge is -1.87. The van der Waals surface area contributed by atoms with Gasteiger partial charge < -0.3 is 5.48 Å². The highest BCUT2D eigenvalue weighted by molar-refractivity contribution is 5.07. The first-order chi connectivity index (χ1) is 4.43.